The molecule has 0 bridgehead atoms. The Hall–Kier alpha value is -2.30. The van der Waals surface area contributed by atoms with Gasteiger partial charge in [0.15, 0.2) is 0 Å². The van der Waals surface area contributed by atoms with Gasteiger partial charge in [-0.2, -0.15) is 0 Å². The van der Waals surface area contributed by atoms with Gasteiger partial charge in [-0.05, 0) is 70.1 Å². The van der Waals surface area contributed by atoms with E-state index in [1.807, 2.05) is 32.9 Å². The molecule has 0 unspecified atom stereocenters. The number of piperidine rings is 1. The van der Waals surface area contributed by atoms with E-state index in [0.29, 0.717) is 50.0 Å². The molecule has 0 spiro atoms. The average molecular weight is 624 g/mol. The first-order valence-corrected chi connectivity index (χ1v) is 16.1. The lowest BCUT2D eigenvalue weighted by Gasteiger charge is -2.48. The highest BCUT2D eigenvalue weighted by Crippen LogP contribution is 2.46. The van der Waals surface area contributed by atoms with Crippen molar-refractivity contribution in [1.29, 1.82) is 0 Å². The zero-order chi connectivity index (χ0) is 31.2. The summed E-state index contributed by atoms with van der Waals surface area (Å²) in [5.74, 6) is -0.206. The highest BCUT2D eigenvalue weighted by Gasteiger charge is 2.49. The zero-order valence-electron chi connectivity index (χ0n) is 25.8. The van der Waals surface area contributed by atoms with Crippen LogP contribution in [0, 0.1) is 11.3 Å². The summed E-state index contributed by atoms with van der Waals surface area (Å²) in [5.41, 5.74) is -0.0193. The summed E-state index contributed by atoms with van der Waals surface area (Å²) in [4.78, 5) is 44.5. The second kappa shape index (κ2) is 14.7. The van der Waals surface area contributed by atoms with Gasteiger partial charge in [0.05, 0.1) is 18.0 Å². The number of halogens is 3. The monoisotopic (exact) mass is 623 g/mol. The molecule has 4 rings (SSSR count). The van der Waals surface area contributed by atoms with Crippen molar-refractivity contribution in [3.8, 4) is 0 Å². The standard InChI is InChI=1S/C32H48ClF2N5O3/c1-31(2,3)38-30(43)32(23-7-5-4-6-8-23)13-16-40(17-14-32)29(42)25(19-22-9-11-24(33)12-10-22)37-28(41)26-20-39(18-15-36-26)21-27(34)35/h9-12,23,25-27,36H,4-8,13-21H2,1-3H3,(H,37,41)(H,38,43)/t25-,26+/m1/s1. The largest absolute Gasteiger partial charge is 0.351 e. The molecule has 3 amide bonds. The van der Waals surface area contributed by atoms with E-state index in [2.05, 4.69) is 16.0 Å². The minimum atomic E-state index is -2.48. The Bertz CT molecular complexity index is 1100. The molecule has 1 aliphatic carbocycles. The number of likely N-dealkylation sites (tertiary alicyclic amines) is 1. The first kappa shape index (κ1) is 33.6. The molecule has 3 fully saturated rings. The predicted molar refractivity (Wildman–Crippen MR) is 164 cm³/mol. The van der Waals surface area contributed by atoms with E-state index in [9.17, 15) is 23.2 Å². The topological polar surface area (TPSA) is 93.8 Å². The minimum absolute atomic E-state index is 0.0849. The third-order valence-electron chi connectivity index (χ3n) is 9.23. The average Bonchev–Trinajstić information content (AvgIpc) is 2.97. The molecule has 1 aromatic carbocycles. The van der Waals surface area contributed by atoms with Crippen molar-refractivity contribution in [2.45, 2.75) is 96.2 Å². The van der Waals surface area contributed by atoms with Crippen LogP contribution in [0.25, 0.3) is 0 Å². The van der Waals surface area contributed by atoms with E-state index < -0.39 is 30.5 Å². The first-order chi connectivity index (χ1) is 20.4. The van der Waals surface area contributed by atoms with Gasteiger partial charge in [0.25, 0.3) is 6.43 Å². The molecular formula is C32H48ClF2N5O3. The first-order valence-electron chi connectivity index (χ1n) is 15.8. The van der Waals surface area contributed by atoms with E-state index in [1.165, 1.54) is 6.42 Å². The third-order valence-corrected chi connectivity index (χ3v) is 9.49. The van der Waals surface area contributed by atoms with Gasteiger partial charge in [0.1, 0.15) is 6.04 Å². The van der Waals surface area contributed by atoms with E-state index in [4.69, 9.17) is 11.6 Å². The summed E-state index contributed by atoms with van der Waals surface area (Å²) >= 11 is 6.08. The Balaban J connectivity index is 1.49. The zero-order valence-corrected chi connectivity index (χ0v) is 26.5. The fourth-order valence-corrected chi connectivity index (χ4v) is 7.09. The highest BCUT2D eigenvalue weighted by molar-refractivity contribution is 6.30. The molecule has 3 N–H and O–H groups in total. The third kappa shape index (κ3) is 9.11. The Morgan fingerprint density at radius 1 is 1.05 bits per heavy atom. The Morgan fingerprint density at radius 3 is 2.30 bits per heavy atom. The van der Waals surface area contributed by atoms with Crippen molar-refractivity contribution >= 4 is 29.3 Å². The van der Waals surface area contributed by atoms with Crippen molar-refractivity contribution < 1.29 is 23.2 Å². The molecule has 2 heterocycles. The van der Waals surface area contributed by atoms with Crippen LogP contribution in [-0.4, -0.2) is 90.8 Å². The molecule has 0 radical (unpaired) electrons. The normalized spacial score (nSPS) is 22.7. The number of hydrogen-bond acceptors (Lipinski definition) is 5. The molecule has 240 valence electrons. The number of carbonyl (C=O) groups excluding carboxylic acids is 3. The van der Waals surface area contributed by atoms with Crippen LogP contribution in [-0.2, 0) is 20.8 Å². The Labute approximate surface area is 259 Å². The van der Waals surface area contributed by atoms with Gasteiger partial charge in [0.2, 0.25) is 17.7 Å². The van der Waals surface area contributed by atoms with E-state index in [-0.39, 0.29) is 36.2 Å². The van der Waals surface area contributed by atoms with Gasteiger partial charge in [-0.3, -0.25) is 19.3 Å². The number of amides is 3. The maximum Gasteiger partial charge on any atom is 0.251 e. The molecule has 43 heavy (non-hydrogen) atoms. The summed E-state index contributed by atoms with van der Waals surface area (Å²) in [6.45, 7) is 7.45. The number of benzene rings is 1. The number of nitrogens with one attached hydrogen (secondary N) is 3. The van der Waals surface area contributed by atoms with Crippen LogP contribution in [0.15, 0.2) is 24.3 Å². The van der Waals surface area contributed by atoms with Crippen LogP contribution < -0.4 is 16.0 Å². The number of hydrogen-bond donors (Lipinski definition) is 3. The lowest BCUT2D eigenvalue weighted by molar-refractivity contribution is -0.147. The van der Waals surface area contributed by atoms with Gasteiger partial charge in [0, 0.05) is 49.7 Å². The molecule has 2 aliphatic heterocycles. The quantitative estimate of drug-likeness (QED) is 0.387. The Kier molecular flexibility index (Phi) is 11.4. The second-order valence-electron chi connectivity index (χ2n) is 13.6. The van der Waals surface area contributed by atoms with Gasteiger partial charge in [-0.1, -0.05) is 43.0 Å². The highest BCUT2D eigenvalue weighted by atomic mass is 35.5. The van der Waals surface area contributed by atoms with Crippen LogP contribution >= 0.6 is 11.6 Å². The lowest BCUT2D eigenvalue weighted by atomic mass is 9.63. The van der Waals surface area contributed by atoms with Crippen molar-refractivity contribution in [3.63, 3.8) is 0 Å². The lowest BCUT2D eigenvalue weighted by Crippen LogP contribution is -2.62. The fraction of sp³-hybridized carbons (Fsp3) is 0.719. The molecule has 1 saturated carbocycles. The van der Waals surface area contributed by atoms with Crippen molar-refractivity contribution in [2.75, 3.05) is 39.3 Å². The van der Waals surface area contributed by atoms with Crippen LogP contribution in [0.1, 0.15) is 71.3 Å². The fourth-order valence-electron chi connectivity index (χ4n) is 6.96. The van der Waals surface area contributed by atoms with Crippen molar-refractivity contribution in [3.05, 3.63) is 34.9 Å². The van der Waals surface area contributed by atoms with Gasteiger partial charge in [-0.15, -0.1) is 0 Å². The maximum atomic E-state index is 14.0. The van der Waals surface area contributed by atoms with E-state index >= 15 is 0 Å². The minimum Gasteiger partial charge on any atom is -0.351 e. The van der Waals surface area contributed by atoms with Crippen molar-refractivity contribution in [2.24, 2.45) is 11.3 Å². The molecule has 2 atom stereocenters. The molecular weight excluding hydrogens is 576 g/mol. The Morgan fingerprint density at radius 2 is 1.70 bits per heavy atom. The van der Waals surface area contributed by atoms with Crippen LogP contribution in [0.2, 0.25) is 5.02 Å². The SMILES string of the molecule is CC(C)(C)NC(=O)C1(C2CCCCC2)CCN(C(=O)[C@@H](Cc2ccc(Cl)cc2)NC(=O)[C@@H]2CN(CC(F)F)CCN2)CC1. The molecule has 8 nitrogen and oxygen atoms in total. The van der Waals surface area contributed by atoms with E-state index in [0.717, 1.165) is 31.2 Å². The molecule has 0 aromatic heterocycles. The predicted octanol–water partition coefficient (Wildman–Crippen LogP) is 4.01. The summed E-state index contributed by atoms with van der Waals surface area (Å²) in [6, 6.07) is 5.62. The van der Waals surface area contributed by atoms with E-state index in [1.54, 1.807) is 21.9 Å². The maximum absolute atomic E-state index is 14.0. The number of piperazine rings is 1. The van der Waals surface area contributed by atoms with Gasteiger partial charge >= 0.3 is 0 Å². The smallest absolute Gasteiger partial charge is 0.251 e. The molecule has 3 aliphatic rings. The second-order valence-corrected chi connectivity index (χ2v) is 14.0. The summed E-state index contributed by atoms with van der Waals surface area (Å²) in [6.07, 6.45) is 4.44. The van der Waals surface area contributed by atoms with Gasteiger partial charge in [-0.25, -0.2) is 8.78 Å². The van der Waals surface area contributed by atoms with Crippen molar-refractivity contribution in [1.82, 2.24) is 25.8 Å². The number of carbonyl (C=O) groups is 3. The van der Waals surface area contributed by atoms with Crippen LogP contribution in [0.4, 0.5) is 8.78 Å². The number of rotatable bonds is 9. The summed E-state index contributed by atoms with van der Waals surface area (Å²) < 4.78 is 26.0. The van der Waals surface area contributed by atoms with Gasteiger partial charge < -0.3 is 20.9 Å². The summed E-state index contributed by atoms with van der Waals surface area (Å²) in [5, 5.41) is 9.86. The van der Waals surface area contributed by atoms with Crippen LogP contribution in [0.3, 0.4) is 0 Å². The molecule has 2 saturated heterocycles. The summed E-state index contributed by atoms with van der Waals surface area (Å²) in [7, 11) is 0. The molecule has 1 aromatic rings. The number of alkyl halides is 2. The van der Waals surface area contributed by atoms with Crippen LogP contribution in [0.5, 0.6) is 0 Å². The molecule has 11 heteroatoms. The number of nitrogens with zero attached hydrogens (tertiary/aromatic N) is 2.